The fourth-order valence-electron chi connectivity index (χ4n) is 3.78. The second-order valence-electron chi connectivity index (χ2n) is 9.49. The molecule has 12 heteroatoms. The lowest BCUT2D eigenvalue weighted by Crippen LogP contribution is -2.47. The maximum atomic E-state index is 14.1. The highest BCUT2D eigenvalue weighted by molar-refractivity contribution is 5.92. The topological polar surface area (TPSA) is 97.8 Å². The summed E-state index contributed by atoms with van der Waals surface area (Å²) in [7, 11) is 1.16. The molecule has 1 aliphatic heterocycles. The Labute approximate surface area is 210 Å². The predicted molar refractivity (Wildman–Crippen MR) is 124 cm³/mol. The van der Waals surface area contributed by atoms with E-state index in [2.05, 4.69) is 10.3 Å². The van der Waals surface area contributed by atoms with Gasteiger partial charge in [-0.3, -0.25) is 14.7 Å². The predicted octanol–water partition coefficient (Wildman–Crippen LogP) is 4.52. The Bertz CT molecular complexity index is 1160. The Morgan fingerprint density at radius 3 is 2.35 bits per heavy atom. The zero-order valence-electron chi connectivity index (χ0n) is 20.7. The van der Waals surface area contributed by atoms with Gasteiger partial charge in [0.2, 0.25) is 5.91 Å². The van der Waals surface area contributed by atoms with Gasteiger partial charge in [-0.2, -0.15) is 13.2 Å². The number of pyridine rings is 1. The molecule has 1 fully saturated rings. The van der Waals surface area contributed by atoms with Gasteiger partial charge < -0.3 is 14.8 Å². The van der Waals surface area contributed by atoms with Crippen LogP contribution in [0.1, 0.15) is 48.7 Å². The van der Waals surface area contributed by atoms with Crippen LogP contribution in [-0.4, -0.2) is 59.3 Å². The first-order valence-corrected chi connectivity index (χ1v) is 11.4. The second-order valence-corrected chi connectivity index (χ2v) is 9.49. The number of carbonyl (C=O) groups is 3. The molecule has 0 bridgehead atoms. The van der Waals surface area contributed by atoms with Crippen molar-refractivity contribution in [3.05, 3.63) is 53.2 Å². The number of amides is 2. The maximum absolute atomic E-state index is 14.1. The van der Waals surface area contributed by atoms with E-state index >= 15 is 0 Å². The molecule has 2 aromatic rings. The van der Waals surface area contributed by atoms with E-state index in [-0.39, 0.29) is 36.3 Å². The van der Waals surface area contributed by atoms with Crippen LogP contribution in [0.15, 0.2) is 36.5 Å². The molecule has 1 aromatic carbocycles. The summed E-state index contributed by atoms with van der Waals surface area (Å²) in [4.78, 5) is 42.8. The number of nitrogens with one attached hydrogen (secondary N) is 1. The normalized spacial score (nSPS) is 17.9. The van der Waals surface area contributed by atoms with E-state index in [1.165, 1.54) is 24.4 Å². The lowest BCUT2D eigenvalue weighted by atomic mass is 10.0. The first-order valence-electron chi connectivity index (χ1n) is 11.4. The van der Waals surface area contributed by atoms with Gasteiger partial charge in [-0.25, -0.2) is 14.0 Å². The lowest BCUT2D eigenvalue weighted by Gasteiger charge is -2.27. The molecule has 0 spiro atoms. The molecule has 37 heavy (non-hydrogen) atoms. The van der Waals surface area contributed by atoms with Crippen molar-refractivity contribution in [3.8, 4) is 11.3 Å². The third kappa shape index (κ3) is 6.95. The van der Waals surface area contributed by atoms with Gasteiger partial charge in [0.05, 0.1) is 30.5 Å². The summed E-state index contributed by atoms with van der Waals surface area (Å²) in [6.45, 7) is 4.43. The summed E-state index contributed by atoms with van der Waals surface area (Å²) >= 11 is 0. The number of hydrogen-bond acceptors (Lipinski definition) is 6. The monoisotopic (exact) mass is 525 g/mol. The van der Waals surface area contributed by atoms with Crippen molar-refractivity contribution in [2.45, 2.75) is 57.7 Å². The number of halogens is 4. The third-order valence-electron chi connectivity index (χ3n) is 5.54. The van der Waals surface area contributed by atoms with Gasteiger partial charge >= 0.3 is 18.2 Å². The highest BCUT2D eigenvalue weighted by Gasteiger charge is 2.41. The molecule has 0 unspecified atom stereocenters. The number of hydrogen-bond donors (Lipinski definition) is 1. The van der Waals surface area contributed by atoms with Crippen molar-refractivity contribution >= 4 is 18.0 Å². The van der Waals surface area contributed by atoms with Crippen LogP contribution < -0.4 is 5.32 Å². The lowest BCUT2D eigenvalue weighted by molar-refractivity contribution is -0.137. The number of carbonyl (C=O) groups excluding carboxylic acids is 3. The molecule has 200 valence electrons. The van der Waals surface area contributed by atoms with Gasteiger partial charge in [0.15, 0.2) is 0 Å². The Balaban J connectivity index is 1.82. The van der Waals surface area contributed by atoms with Crippen molar-refractivity contribution in [2.24, 2.45) is 0 Å². The number of nitrogens with zero attached hydrogens (tertiary/aromatic N) is 2. The third-order valence-corrected chi connectivity index (χ3v) is 5.54. The molecule has 1 aliphatic rings. The molecule has 0 radical (unpaired) electrons. The average molecular weight is 525 g/mol. The van der Waals surface area contributed by atoms with E-state index in [9.17, 15) is 31.9 Å². The second kappa shape index (κ2) is 10.7. The van der Waals surface area contributed by atoms with E-state index in [1.807, 2.05) is 0 Å². The highest BCUT2D eigenvalue weighted by atomic mass is 19.4. The molecular weight excluding hydrogens is 498 g/mol. The van der Waals surface area contributed by atoms with Crippen LogP contribution in [0.3, 0.4) is 0 Å². The van der Waals surface area contributed by atoms with E-state index in [0.717, 1.165) is 24.1 Å². The van der Waals surface area contributed by atoms with E-state index in [0.29, 0.717) is 5.56 Å². The van der Waals surface area contributed by atoms with Crippen LogP contribution in [0.4, 0.5) is 22.4 Å². The van der Waals surface area contributed by atoms with Crippen molar-refractivity contribution < 1.29 is 41.4 Å². The van der Waals surface area contributed by atoms with Gasteiger partial charge in [-0.05, 0) is 44.5 Å². The van der Waals surface area contributed by atoms with Crippen LogP contribution >= 0.6 is 0 Å². The fraction of sp³-hybridized carbons (Fsp3) is 0.440. The summed E-state index contributed by atoms with van der Waals surface area (Å²) in [6.07, 6.45) is -5.76. The molecule has 2 amide bonds. The number of esters is 1. The van der Waals surface area contributed by atoms with Crippen molar-refractivity contribution in [3.63, 3.8) is 0 Å². The number of alkyl halides is 4. The van der Waals surface area contributed by atoms with Crippen LogP contribution in [-0.2, 0) is 27.0 Å². The van der Waals surface area contributed by atoms with Gasteiger partial charge in [0.1, 0.15) is 17.8 Å². The average Bonchev–Trinajstić information content (AvgIpc) is 3.22. The molecule has 0 aliphatic carbocycles. The maximum Gasteiger partial charge on any atom is 0.416 e. The highest BCUT2D eigenvalue weighted by Crippen LogP contribution is 2.31. The first kappa shape index (κ1) is 27.9. The molecule has 1 N–H and O–H groups in total. The minimum Gasteiger partial charge on any atom is -0.465 e. The van der Waals surface area contributed by atoms with Crippen molar-refractivity contribution in [2.75, 3.05) is 13.7 Å². The molecular formula is C25H27F4N3O5. The zero-order valence-corrected chi connectivity index (χ0v) is 20.7. The summed E-state index contributed by atoms with van der Waals surface area (Å²) in [6, 6.07) is 4.61. The molecule has 3 rings (SSSR count). The minimum atomic E-state index is -4.50. The largest absolute Gasteiger partial charge is 0.465 e. The van der Waals surface area contributed by atoms with Crippen LogP contribution in [0.2, 0.25) is 0 Å². The number of likely N-dealkylation sites (tertiary alicyclic amines) is 1. The summed E-state index contributed by atoms with van der Waals surface area (Å²) in [5.41, 5.74) is -0.767. The molecule has 1 saturated heterocycles. The quantitative estimate of drug-likeness (QED) is 0.456. The Morgan fingerprint density at radius 2 is 1.78 bits per heavy atom. The number of ether oxygens (including phenoxy) is 2. The molecule has 2 atom stereocenters. The zero-order chi connectivity index (χ0) is 27.5. The number of aromatic nitrogens is 1. The Hall–Kier alpha value is -3.70. The van der Waals surface area contributed by atoms with Crippen molar-refractivity contribution in [1.29, 1.82) is 0 Å². The number of rotatable bonds is 5. The van der Waals surface area contributed by atoms with E-state index < -0.39 is 47.5 Å². The van der Waals surface area contributed by atoms with Gasteiger partial charge in [-0.1, -0.05) is 12.1 Å². The molecule has 0 saturated carbocycles. The van der Waals surface area contributed by atoms with E-state index in [4.69, 9.17) is 9.47 Å². The fourth-order valence-corrected chi connectivity index (χ4v) is 3.78. The van der Waals surface area contributed by atoms with E-state index in [1.54, 1.807) is 20.8 Å². The van der Waals surface area contributed by atoms with Crippen molar-refractivity contribution in [1.82, 2.24) is 15.2 Å². The standard InChI is InChI=1S/C25H27F4N3O5/c1-24(2,3)37-23(35)32-13-17(26)10-20(32)21(33)31-11-15-9-19(30-12-18(15)22(34)36-4)14-5-7-16(8-6-14)25(27,28)29/h5-9,12,17,20H,10-11,13H2,1-4H3,(H,31,33)/t17-,20+/m1/s1. The van der Waals surface area contributed by atoms with Crippen LogP contribution in [0.25, 0.3) is 11.3 Å². The minimum absolute atomic E-state index is 0.0252. The smallest absolute Gasteiger partial charge is 0.416 e. The number of benzene rings is 1. The summed E-state index contributed by atoms with van der Waals surface area (Å²) in [5.74, 6) is -1.40. The Kier molecular flexibility index (Phi) is 8.09. The van der Waals surface area contributed by atoms with Gasteiger partial charge in [-0.15, -0.1) is 0 Å². The summed E-state index contributed by atoms with van der Waals surface area (Å²) < 4.78 is 62.8. The number of methoxy groups -OCH3 is 1. The van der Waals surface area contributed by atoms with Crippen LogP contribution in [0.5, 0.6) is 0 Å². The van der Waals surface area contributed by atoms with Gasteiger partial charge in [0, 0.05) is 24.7 Å². The first-order chi connectivity index (χ1) is 17.2. The van der Waals surface area contributed by atoms with Gasteiger partial charge in [0.25, 0.3) is 0 Å². The molecule has 1 aromatic heterocycles. The molecule has 8 nitrogen and oxygen atoms in total. The summed E-state index contributed by atoms with van der Waals surface area (Å²) in [5, 5.41) is 2.60. The SMILES string of the molecule is COC(=O)c1cnc(-c2ccc(C(F)(F)F)cc2)cc1CNC(=O)[C@@H]1C[C@@H](F)CN1C(=O)OC(C)(C)C. The molecule has 2 heterocycles. The Morgan fingerprint density at radius 1 is 1.14 bits per heavy atom. The van der Waals surface area contributed by atoms with Crippen LogP contribution in [0, 0.1) is 0 Å².